The molecule has 1 aromatic heterocycles. The molecule has 146 valence electrons. The molecule has 6 nitrogen and oxygen atoms in total. The van der Waals surface area contributed by atoms with E-state index >= 15 is 0 Å². The molecule has 2 heterocycles. The summed E-state index contributed by atoms with van der Waals surface area (Å²) >= 11 is 0. The maximum atomic E-state index is 13.2. The highest BCUT2D eigenvalue weighted by Crippen LogP contribution is 2.28. The van der Waals surface area contributed by atoms with Gasteiger partial charge in [-0.1, -0.05) is 12.1 Å². The number of amides is 1. The maximum Gasteiger partial charge on any atom is 0.255 e. The molecule has 0 radical (unpaired) electrons. The number of hydrogen-bond donors (Lipinski definition) is 0. The highest BCUT2D eigenvalue weighted by atomic mass is 16.2. The lowest BCUT2D eigenvalue weighted by molar-refractivity contribution is 0.0704. The second-order valence-corrected chi connectivity index (χ2v) is 7.78. The average Bonchev–Trinajstić information content (AvgIpc) is 3.14. The number of aromatic nitrogens is 2. The van der Waals surface area contributed by atoms with Crippen LogP contribution in [0.4, 0.5) is 5.69 Å². The van der Waals surface area contributed by atoms with Gasteiger partial charge in [0, 0.05) is 64.3 Å². The number of carbonyl (C=O) groups excluding carboxylic acids is 1. The molecular formula is C21H31N5O. The van der Waals surface area contributed by atoms with Gasteiger partial charge in [-0.15, -0.1) is 0 Å². The molecule has 1 atom stereocenters. The van der Waals surface area contributed by atoms with Crippen molar-refractivity contribution in [2.45, 2.75) is 25.3 Å². The van der Waals surface area contributed by atoms with Gasteiger partial charge in [-0.25, -0.2) is 4.98 Å². The van der Waals surface area contributed by atoms with E-state index in [1.165, 1.54) is 0 Å². The van der Waals surface area contributed by atoms with Gasteiger partial charge in [-0.3, -0.25) is 4.79 Å². The van der Waals surface area contributed by atoms with Crippen LogP contribution in [0.1, 0.15) is 34.9 Å². The molecule has 1 saturated heterocycles. The number of carbonyl (C=O) groups is 1. The van der Waals surface area contributed by atoms with Crippen molar-refractivity contribution in [1.82, 2.24) is 19.4 Å². The summed E-state index contributed by atoms with van der Waals surface area (Å²) in [7, 11) is 8.12. The average molecular weight is 370 g/mol. The Hall–Kier alpha value is -2.34. The molecular weight excluding hydrogens is 338 g/mol. The molecule has 0 N–H and O–H groups in total. The third kappa shape index (κ3) is 4.50. The fraction of sp³-hybridized carbons (Fsp3) is 0.524. The van der Waals surface area contributed by atoms with Crippen LogP contribution in [-0.2, 0) is 6.54 Å². The van der Waals surface area contributed by atoms with Crippen molar-refractivity contribution in [2.75, 3.05) is 52.7 Å². The van der Waals surface area contributed by atoms with Crippen LogP contribution in [0, 0.1) is 0 Å². The summed E-state index contributed by atoms with van der Waals surface area (Å²) < 4.78 is 2.24. The smallest absolute Gasteiger partial charge is 0.255 e. The second-order valence-electron chi connectivity index (χ2n) is 7.78. The molecule has 0 aliphatic carbocycles. The van der Waals surface area contributed by atoms with E-state index in [1.807, 2.05) is 54.4 Å². The summed E-state index contributed by atoms with van der Waals surface area (Å²) in [6.07, 6.45) is 6.03. The second kappa shape index (κ2) is 8.57. The minimum absolute atomic E-state index is 0.121. The molecule has 1 aliphatic rings. The molecule has 1 aliphatic heterocycles. The number of likely N-dealkylation sites (N-methyl/N-ethyl adjacent to an activating group) is 1. The van der Waals surface area contributed by atoms with E-state index in [0.29, 0.717) is 5.92 Å². The summed E-state index contributed by atoms with van der Waals surface area (Å²) in [5.74, 6) is 1.53. The Morgan fingerprint density at radius 1 is 1.22 bits per heavy atom. The highest BCUT2D eigenvalue weighted by molar-refractivity contribution is 5.99. The van der Waals surface area contributed by atoms with Crippen molar-refractivity contribution < 1.29 is 4.79 Å². The lowest BCUT2D eigenvalue weighted by Crippen LogP contribution is -2.40. The molecule has 0 spiro atoms. The van der Waals surface area contributed by atoms with Crippen LogP contribution >= 0.6 is 0 Å². The Bertz CT molecular complexity index is 767. The zero-order valence-corrected chi connectivity index (χ0v) is 16.9. The quantitative estimate of drug-likeness (QED) is 0.785. The number of anilines is 1. The molecule has 1 aromatic carbocycles. The fourth-order valence-electron chi connectivity index (χ4n) is 3.76. The topological polar surface area (TPSA) is 44.6 Å². The van der Waals surface area contributed by atoms with Crippen LogP contribution in [0.3, 0.4) is 0 Å². The molecule has 1 amide bonds. The summed E-state index contributed by atoms with van der Waals surface area (Å²) in [5.41, 5.74) is 1.75. The van der Waals surface area contributed by atoms with Crippen LogP contribution in [0.25, 0.3) is 0 Å². The van der Waals surface area contributed by atoms with Crippen LogP contribution in [0.2, 0.25) is 0 Å². The first-order valence-electron chi connectivity index (χ1n) is 9.68. The van der Waals surface area contributed by atoms with E-state index < -0.39 is 0 Å². The normalized spacial score (nSPS) is 17.4. The van der Waals surface area contributed by atoms with Crippen molar-refractivity contribution in [3.63, 3.8) is 0 Å². The summed E-state index contributed by atoms with van der Waals surface area (Å²) in [6.45, 7) is 3.46. The Morgan fingerprint density at radius 3 is 2.74 bits per heavy atom. The number of benzene rings is 1. The van der Waals surface area contributed by atoms with Crippen molar-refractivity contribution in [2.24, 2.45) is 0 Å². The first-order chi connectivity index (χ1) is 13.0. The van der Waals surface area contributed by atoms with Gasteiger partial charge in [-0.05, 0) is 39.1 Å². The Morgan fingerprint density at radius 2 is 2.00 bits per heavy atom. The lowest BCUT2D eigenvalue weighted by Gasteiger charge is -2.33. The van der Waals surface area contributed by atoms with Gasteiger partial charge in [0.15, 0.2) is 0 Å². The predicted octanol–water partition coefficient (Wildman–Crippen LogP) is 2.53. The van der Waals surface area contributed by atoms with E-state index in [-0.39, 0.29) is 5.91 Å². The summed E-state index contributed by atoms with van der Waals surface area (Å²) in [5, 5.41) is 0. The van der Waals surface area contributed by atoms with E-state index in [2.05, 4.69) is 34.7 Å². The third-order valence-corrected chi connectivity index (χ3v) is 5.23. The first-order valence-corrected chi connectivity index (χ1v) is 9.68. The zero-order chi connectivity index (χ0) is 19.4. The fourth-order valence-corrected chi connectivity index (χ4v) is 3.76. The minimum atomic E-state index is 0.121. The van der Waals surface area contributed by atoms with Crippen LogP contribution in [0.5, 0.6) is 0 Å². The molecule has 27 heavy (non-hydrogen) atoms. The van der Waals surface area contributed by atoms with Crippen LogP contribution < -0.4 is 4.90 Å². The molecule has 0 bridgehead atoms. The van der Waals surface area contributed by atoms with Gasteiger partial charge in [-0.2, -0.15) is 0 Å². The maximum absolute atomic E-state index is 13.2. The van der Waals surface area contributed by atoms with E-state index in [9.17, 15) is 4.79 Å². The number of nitrogens with zero attached hydrogens (tertiary/aromatic N) is 5. The van der Waals surface area contributed by atoms with Gasteiger partial charge in [0.05, 0.1) is 5.56 Å². The largest absolute Gasteiger partial charge is 0.377 e. The van der Waals surface area contributed by atoms with Gasteiger partial charge in [0.2, 0.25) is 0 Å². The lowest BCUT2D eigenvalue weighted by atomic mass is 9.96. The Balaban J connectivity index is 1.75. The third-order valence-electron chi connectivity index (χ3n) is 5.23. The molecule has 0 saturated carbocycles. The van der Waals surface area contributed by atoms with Crippen LogP contribution in [0.15, 0.2) is 36.7 Å². The van der Waals surface area contributed by atoms with Crippen molar-refractivity contribution in [3.8, 4) is 0 Å². The molecule has 6 heteroatoms. The summed E-state index contributed by atoms with van der Waals surface area (Å²) in [6, 6.07) is 7.85. The van der Waals surface area contributed by atoms with Gasteiger partial charge in [0.1, 0.15) is 5.82 Å². The van der Waals surface area contributed by atoms with Crippen molar-refractivity contribution >= 4 is 11.6 Å². The van der Waals surface area contributed by atoms with Gasteiger partial charge < -0.3 is 19.3 Å². The molecule has 2 aromatic rings. The number of para-hydroxylation sites is 1. The molecule has 1 fully saturated rings. The van der Waals surface area contributed by atoms with E-state index in [1.54, 1.807) is 0 Å². The van der Waals surface area contributed by atoms with Gasteiger partial charge >= 0.3 is 0 Å². The first kappa shape index (κ1) is 19.4. The van der Waals surface area contributed by atoms with E-state index in [0.717, 1.165) is 56.1 Å². The Kier molecular flexibility index (Phi) is 6.16. The minimum Gasteiger partial charge on any atom is -0.377 e. The number of likely N-dealkylation sites (tertiary alicyclic amines) is 1. The standard InChI is InChI=1S/C21H31N5O/c1-23(2)14-15-25-13-11-22-20(25)17-8-7-12-26(16-17)21(27)18-9-5-6-10-19(18)24(3)4/h5-6,9-11,13,17H,7-8,12,14-16H2,1-4H3. The summed E-state index contributed by atoms with van der Waals surface area (Å²) in [4.78, 5) is 24.0. The molecule has 3 rings (SSSR count). The van der Waals surface area contributed by atoms with E-state index in [4.69, 9.17) is 0 Å². The number of piperidine rings is 1. The van der Waals surface area contributed by atoms with Gasteiger partial charge in [0.25, 0.3) is 5.91 Å². The predicted molar refractivity (Wildman–Crippen MR) is 109 cm³/mol. The number of rotatable bonds is 6. The Labute approximate surface area is 162 Å². The molecule has 1 unspecified atom stereocenters. The highest BCUT2D eigenvalue weighted by Gasteiger charge is 2.29. The van der Waals surface area contributed by atoms with Crippen molar-refractivity contribution in [1.29, 1.82) is 0 Å². The number of hydrogen-bond acceptors (Lipinski definition) is 4. The monoisotopic (exact) mass is 369 g/mol. The van der Waals surface area contributed by atoms with Crippen molar-refractivity contribution in [3.05, 3.63) is 48.0 Å². The SMILES string of the molecule is CN(C)CCn1ccnc1C1CCCN(C(=O)c2ccccc2N(C)C)C1. The van der Waals surface area contributed by atoms with Crippen LogP contribution in [-0.4, -0.2) is 73.1 Å². The number of imidazole rings is 1. The zero-order valence-electron chi connectivity index (χ0n) is 16.9.